The molecule has 4 nitrogen and oxygen atoms in total. The number of aryl methyl sites for hydroxylation is 1. The predicted octanol–water partition coefficient (Wildman–Crippen LogP) is 3.65. The molecule has 0 radical (unpaired) electrons. The predicted molar refractivity (Wildman–Crippen MR) is 87.6 cm³/mol. The lowest BCUT2D eigenvalue weighted by Crippen LogP contribution is -2.02. The van der Waals surface area contributed by atoms with Crippen LogP contribution >= 0.6 is 0 Å². The highest BCUT2D eigenvalue weighted by molar-refractivity contribution is 5.97. The SMILES string of the molecule is COC(=O)/C(C#N)=C/c1ccc(OCc2ccc(C)cc2)cc1. The summed E-state index contributed by atoms with van der Waals surface area (Å²) in [4.78, 5) is 11.4. The first-order valence-electron chi connectivity index (χ1n) is 7.11. The van der Waals surface area contributed by atoms with E-state index in [9.17, 15) is 4.79 Å². The van der Waals surface area contributed by atoms with Gasteiger partial charge >= 0.3 is 5.97 Å². The van der Waals surface area contributed by atoms with Crippen LogP contribution in [0.2, 0.25) is 0 Å². The van der Waals surface area contributed by atoms with Gasteiger partial charge in [-0.15, -0.1) is 0 Å². The van der Waals surface area contributed by atoms with Crippen LogP contribution in [-0.4, -0.2) is 13.1 Å². The average Bonchev–Trinajstić information content (AvgIpc) is 2.59. The molecule has 0 aromatic heterocycles. The lowest BCUT2D eigenvalue weighted by Gasteiger charge is -2.07. The van der Waals surface area contributed by atoms with Gasteiger partial charge in [-0.1, -0.05) is 42.0 Å². The topological polar surface area (TPSA) is 59.3 Å². The standard InChI is InChI=1S/C19H17NO3/c1-14-3-5-16(6-4-14)13-23-18-9-7-15(8-10-18)11-17(12-20)19(21)22-2/h3-11H,13H2,1-2H3/b17-11+. The molecule has 0 spiro atoms. The van der Waals surface area contributed by atoms with Crippen molar-refractivity contribution in [3.05, 3.63) is 70.8 Å². The Morgan fingerprint density at radius 1 is 1.13 bits per heavy atom. The van der Waals surface area contributed by atoms with E-state index < -0.39 is 5.97 Å². The Labute approximate surface area is 135 Å². The molecule has 0 atom stereocenters. The van der Waals surface area contributed by atoms with Crippen molar-refractivity contribution in [2.45, 2.75) is 13.5 Å². The molecule has 0 saturated carbocycles. The number of nitrogens with zero attached hydrogens (tertiary/aromatic N) is 1. The zero-order chi connectivity index (χ0) is 16.7. The number of carbonyl (C=O) groups is 1. The fourth-order valence-corrected chi connectivity index (χ4v) is 1.92. The third kappa shape index (κ3) is 4.72. The normalized spacial score (nSPS) is 10.7. The number of esters is 1. The van der Waals surface area contributed by atoms with E-state index in [1.807, 2.05) is 37.3 Å². The van der Waals surface area contributed by atoms with Crippen LogP contribution in [0.1, 0.15) is 16.7 Å². The van der Waals surface area contributed by atoms with Crippen molar-refractivity contribution in [1.82, 2.24) is 0 Å². The molecule has 0 aliphatic carbocycles. The molecule has 0 aliphatic heterocycles. The summed E-state index contributed by atoms with van der Waals surface area (Å²) >= 11 is 0. The van der Waals surface area contributed by atoms with E-state index in [0.717, 1.165) is 16.9 Å². The molecule has 4 heteroatoms. The summed E-state index contributed by atoms with van der Waals surface area (Å²) in [6.45, 7) is 2.53. The first-order valence-corrected chi connectivity index (χ1v) is 7.11. The van der Waals surface area contributed by atoms with Gasteiger partial charge in [0.05, 0.1) is 7.11 Å². The maximum atomic E-state index is 11.4. The second-order valence-corrected chi connectivity index (χ2v) is 5.00. The van der Waals surface area contributed by atoms with Gasteiger partial charge in [0, 0.05) is 0 Å². The molecular formula is C19H17NO3. The number of hydrogen-bond donors (Lipinski definition) is 0. The van der Waals surface area contributed by atoms with E-state index in [-0.39, 0.29) is 5.57 Å². The van der Waals surface area contributed by atoms with Gasteiger partial charge in [0.2, 0.25) is 0 Å². The van der Waals surface area contributed by atoms with Crippen molar-refractivity contribution < 1.29 is 14.3 Å². The Bertz CT molecular complexity index is 738. The molecule has 0 aliphatic rings. The highest BCUT2D eigenvalue weighted by Crippen LogP contribution is 2.16. The van der Waals surface area contributed by atoms with Gasteiger partial charge in [0.25, 0.3) is 0 Å². The molecule has 2 aromatic carbocycles. The molecule has 2 aromatic rings. The number of ether oxygens (including phenoxy) is 2. The van der Waals surface area contributed by atoms with E-state index in [1.165, 1.54) is 18.7 Å². The smallest absolute Gasteiger partial charge is 0.348 e. The summed E-state index contributed by atoms with van der Waals surface area (Å²) in [5, 5.41) is 8.93. The number of nitriles is 1. The molecule has 2 rings (SSSR count). The van der Waals surface area contributed by atoms with E-state index in [1.54, 1.807) is 24.3 Å². The number of benzene rings is 2. The van der Waals surface area contributed by atoms with Crippen molar-refractivity contribution in [2.75, 3.05) is 7.11 Å². The Kier molecular flexibility index (Phi) is 5.54. The minimum atomic E-state index is -0.646. The fraction of sp³-hybridized carbons (Fsp3) is 0.158. The summed E-state index contributed by atoms with van der Waals surface area (Å²) in [7, 11) is 1.25. The van der Waals surface area contributed by atoms with E-state index in [0.29, 0.717) is 6.61 Å². The van der Waals surface area contributed by atoms with Crippen LogP contribution in [0.25, 0.3) is 6.08 Å². The minimum Gasteiger partial charge on any atom is -0.489 e. The van der Waals surface area contributed by atoms with Crippen LogP contribution in [0.5, 0.6) is 5.75 Å². The highest BCUT2D eigenvalue weighted by atomic mass is 16.5. The average molecular weight is 307 g/mol. The largest absolute Gasteiger partial charge is 0.489 e. The second kappa shape index (κ2) is 7.81. The monoisotopic (exact) mass is 307 g/mol. The zero-order valence-corrected chi connectivity index (χ0v) is 13.1. The first kappa shape index (κ1) is 16.3. The Morgan fingerprint density at radius 2 is 1.78 bits per heavy atom. The Hall–Kier alpha value is -3.06. The summed E-state index contributed by atoms with van der Waals surface area (Å²) in [6, 6.07) is 17.1. The van der Waals surface area contributed by atoms with Crippen LogP contribution in [0.4, 0.5) is 0 Å². The number of carbonyl (C=O) groups excluding carboxylic acids is 1. The lowest BCUT2D eigenvalue weighted by atomic mass is 10.1. The Morgan fingerprint density at radius 3 is 2.35 bits per heavy atom. The molecule has 116 valence electrons. The quantitative estimate of drug-likeness (QED) is 0.480. The molecule has 0 unspecified atom stereocenters. The number of rotatable bonds is 5. The number of methoxy groups -OCH3 is 1. The summed E-state index contributed by atoms with van der Waals surface area (Å²) in [5.74, 6) is 0.0755. The fourth-order valence-electron chi connectivity index (χ4n) is 1.92. The molecule has 0 bridgehead atoms. The van der Waals surface area contributed by atoms with Crippen LogP contribution in [-0.2, 0) is 16.1 Å². The summed E-state index contributed by atoms with van der Waals surface area (Å²) in [6.07, 6.45) is 1.48. The summed E-state index contributed by atoms with van der Waals surface area (Å²) < 4.78 is 10.3. The van der Waals surface area contributed by atoms with Crippen molar-refractivity contribution >= 4 is 12.0 Å². The van der Waals surface area contributed by atoms with Gasteiger partial charge in [0.15, 0.2) is 0 Å². The maximum Gasteiger partial charge on any atom is 0.348 e. The van der Waals surface area contributed by atoms with E-state index in [4.69, 9.17) is 10.00 Å². The van der Waals surface area contributed by atoms with Crippen molar-refractivity contribution in [3.8, 4) is 11.8 Å². The van der Waals surface area contributed by atoms with Crippen molar-refractivity contribution in [2.24, 2.45) is 0 Å². The first-order chi connectivity index (χ1) is 11.1. The zero-order valence-electron chi connectivity index (χ0n) is 13.1. The molecule has 23 heavy (non-hydrogen) atoms. The Balaban J connectivity index is 2.02. The molecule has 0 N–H and O–H groups in total. The van der Waals surface area contributed by atoms with Gasteiger partial charge in [-0.05, 0) is 36.3 Å². The van der Waals surface area contributed by atoms with Crippen LogP contribution in [0.15, 0.2) is 54.1 Å². The third-order valence-corrected chi connectivity index (χ3v) is 3.24. The minimum absolute atomic E-state index is 0.0409. The van der Waals surface area contributed by atoms with E-state index in [2.05, 4.69) is 4.74 Å². The van der Waals surface area contributed by atoms with E-state index >= 15 is 0 Å². The second-order valence-electron chi connectivity index (χ2n) is 5.00. The number of hydrogen-bond acceptors (Lipinski definition) is 4. The van der Waals surface area contributed by atoms with Crippen molar-refractivity contribution in [1.29, 1.82) is 5.26 Å². The van der Waals surface area contributed by atoms with Gasteiger partial charge in [0.1, 0.15) is 24.0 Å². The van der Waals surface area contributed by atoms with Gasteiger partial charge < -0.3 is 9.47 Å². The molecule has 0 heterocycles. The van der Waals surface area contributed by atoms with Gasteiger partial charge in [-0.3, -0.25) is 0 Å². The third-order valence-electron chi connectivity index (χ3n) is 3.24. The maximum absolute atomic E-state index is 11.4. The molecule has 0 saturated heterocycles. The summed E-state index contributed by atoms with van der Waals surface area (Å²) in [5.41, 5.74) is 3.00. The van der Waals surface area contributed by atoms with Crippen molar-refractivity contribution in [3.63, 3.8) is 0 Å². The van der Waals surface area contributed by atoms with Gasteiger partial charge in [-0.2, -0.15) is 5.26 Å². The van der Waals surface area contributed by atoms with Crippen LogP contribution < -0.4 is 4.74 Å². The van der Waals surface area contributed by atoms with Crippen LogP contribution in [0.3, 0.4) is 0 Å². The molecule has 0 amide bonds. The highest BCUT2D eigenvalue weighted by Gasteiger charge is 2.08. The van der Waals surface area contributed by atoms with Gasteiger partial charge in [-0.25, -0.2) is 4.79 Å². The molecule has 0 fully saturated rings. The van der Waals surface area contributed by atoms with Crippen LogP contribution in [0, 0.1) is 18.3 Å². The molecular weight excluding hydrogens is 290 g/mol. The lowest BCUT2D eigenvalue weighted by molar-refractivity contribution is -0.135.